The molecule has 3 nitrogen and oxygen atoms in total. The van der Waals surface area contributed by atoms with E-state index in [4.69, 9.17) is 23.2 Å². The minimum atomic E-state index is -0.816. The number of hydrogen-bond acceptors (Lipinski definition) is 2. The average Bonchev–Trinajstić information content (AvgIpc) is 2.37. The highest BCUT2D eigenvalue weighted by Gasteiger charge is 2.41. The van der Waals surface area contributed by atoms with Gasteiger partial charge in [-0.05, 0) is 44.4 Å². The Kier molecular flexibility index (Phi) is 4.39. The molecule has 1 saturated heterocycles. The first-order chi connectivity index (χ1) is 8.95. The molecule has 0 aliphatic carbocycles. The molecule has 0 aromatic heterocycles. The molecule has 1 aliphatic rings. The summed E-state index contributed by atoms with van der Waals surface area (Å²) >= 11 is 12.2. The number of aliphatic carboxylic acids is 1. The van der Waals surface area contributed by atoms with Crippen LogP contribution in [0.2, 0.25) is 10.0 Å². The van der Waals surface area contributed by atoms with Crippen molar-refractivity contribution in [2.45, 2.75) is 38.3 Å². The van der Waals surface area contributed by atoms with Crippen molar-refractivity contribution < 1.29 is 9.90 Å². The van der Waals surface area contributed by atoms with Gasteiger partial charge in [-0.2, -0.15) is 0 Å². The van der Waals surface area contributed by atoms with Gasteiger partial charge in [0.05, 0.1) is 10.0 Å². The van der Waals surface area contributed by atoms with Gasteiger partial charge in [-0.1, -0.05) is 35.3 Å². The fraction of sp³-hybridized carbons (Fsp3) is 0.500. The molecule has 1 atom stereocenters. The molecule has 1 aromatic carbocycles. The van der Waals surface area contributed by atoms with E-state index < -0.39 is 11.5 Å². The maximum atomic E-state index is 11.5. The Bertz CT molecular complexity index is 492. The summed E-state index contributed by atoms with van der Waals surface area (Å²) in [6, 6.07) is 5.47. The van der Waals surface area contributed by atoms with Crippen molar-refractivity contribution in [2.75, 3.05) is 6.54 Å². The highest BCUT2D eigenvalue weighted by molar-refractivity contribution is 6.42. The zero-order chi connectivity index (χ0) is 14.0. The van der Waals surface area contributed by atoms with Gasteiger partial charge in [0, 0.05) is 6.54 Å². The molecule has 1 aromatic rings. The van der Waals surface area contributed by atoms with Crippen molar-refractivity contribution in [3.63, 3.8) is 0 Å². The number of benzene rings is 1. The third-order valence-corrected chi connectivity index (χ3v) is 4.75. The van der Waals surface area contributed by atoms with Crippen molar-refractivity contribution in [3.05, 3.63) is 33.8 Å². The second-order valence-corrected chi connectivity index (χ2v) is 5.96. The first kappa shape index (κ1) is 14.6. The summed E-state index contributed by atoms with van der Waals surface area (Å²) in [6.07, 6.45) is 2.63. The van der Waals surface area contributed by atoms with Gasteiger partial charge in [-0.25, -0.2) is 0 Å². The fourth-order valence-corrected chi connectivity index (χ4v) is 2.93. The Morgan fingerprint density at radius 2 is 2.16 bits per heavy atom. The summed E-state index contributed by atoms with van der Waals surface area (Å²) in [5.41, 5.74) is 0.0627. The van der Waals surface area contributed by atoms with Crippen LogP contribution in [0.5, 0.6) is 0 Å². The Morgan fingerprint density at radius 1 is 1.42 bits per heavy atom. The molecule has 1 heterocycles. The van der Waals surface area contributed by atoms with Crippen molar-refractivity contribution in [1.82, 2.24) is 4.90 Å². The highest BCUT2D eigenvalue weighted by atomic mass is 35.5. The molecule has 1 N–H and O–H groups in total. The largest absolute Gasteiger partial charge is 0.480 e. The van der Waals surface area contributed by atoms with Gasteiger partial charge in [0.25, 0.3) is 0 Å². The van der Waals surface area contributed by atoms with E-state index in [1.165, 1.54) is 0 Å². The monoisotopic (exact) mass is 301 g/mol. The van der Waals surface area contributed by atoms with E-state index in [2.05, 4.69) is 0 Å². The molecule has 1 aliphatic heterocycles. The molecular weight excluding hydrogens is 285 g/mol. The maximum absolute atomic E-state index is 11.5. The SMILES string of the molecule is CC1(C(=O)O)CCCCN1Cc1cccc(Cl)c1Cl. The van der Waals surface area contributed by atoms with Gasteiger partial charge in [0.1, 0.15) is 5.54 Å². The summed E-state index contributed by atoms with van der Waals surface area (Å²) in [6.45, 7) is 3.07. The van der Waals surface area contributed by atoms with Crippen LogP contribution in [0.25, 0.3) is 0 Å². The molecule has 5 heteroatoms. The zero-order valence-corrected chi connectivity index (χ0v) is 12.3. The van der Waals surface area contributed by atoms with Crippen LogP contribution in [0.15, 0.2) is 18.2 Å². The third-order valence-electron chi connectivity index (χ3n) is 3.89. The van der Waals surface area contributed by atoms with E-state index in [0.29, 0.717) is 23.0 Å². The third kappa shape index (κ3) is 2.88. The molecule has 1 unspecified atom stereocenters. The Hall–Kier alpha value is -0.770. The average molecular weight is 302 g/mol. The Labute approximate surface area is 123 Å². The van der Waals surface area contributed by atoms with Crippen LogP contribution in [0.4, 0.5) is 0 Å². The quantitative estimate of drug-likeness (QED) is 0.922. The van der Waals surface area contributed by atoms with Crippen molar-refractivity contribution in [1.29, 1.82) is 0 Å². The van der Waals surface area contributed by atoms with Crippen LogP contribution < -0.4 is 0 Å². The zero-order valence-electron chi connectivity index (χ0n) is 10.8. The number of carboxylic acid groups (broad SMARTS) is 1. The molecule has 104 valence electrons. The Balaban J connectivity index is 2.25. The van der Waals surface area contributed by atoms with Crippen LogP contribution in [-0.4, -0.2) is 28.1 Å². The van der Waals surface area contributed by atoms with Crippen LogP contribution in [-0.2, 0) is 11.3 Å². The highest BCUT2D eigenvalue weighted by Crippen LogP contribution is 2.33. The van der Waals surface area contributed by atoms with Gasteiger partial charge in [-0.15, -0.1) is 0 Å². The lowest BCUT2D eigenvalue weighted by Crippen LogP contribution is -2.54. The van der Waals surface area contributed by atoms with Crippen molar-refractivity contribution >= 4 is 29.2 Å². The number of likely N-dealkylation sites (tertiary alicyclic amines) is 1. The lowest BCUT2D eigenvalue weighted by Gasteiger charge is -2.41. The van der Waals surface area contributed by atoms with E-state index >= 15 is 0 Å². The predicted octanol–water partition coefficient (Wildman–Crippen LogP) is 3.82. The van der Waals surface area contributed by atoms with E-state index in [1.807, 2.05) is 17.0 Å². The standard InChI is InChI=1S/C14H17Cl2NO2/c1-14(13(18)19)7-2-3-8-17(14)9-10-5-4-6-11(15)12(10)16/h4-6H,2-3,7-9H2,1H3,(H,18,19). The molecule has 0 bridgehead atoms. The fourth-order valence-electron chi connectivity index (χ4n) is 2.55. The van der Waals surface area contributed by atoms with Crippen molar-refractivity contribution in [3.8, 4) is 0 Å². The lowest BCUT2D eigenvalue weighted by molar-refractivity contribution is -0.153. The first-order valence-electron chi connectivity index (χ1n) is 6.36. The first-order valence-corrected chi connectivity index (χ1v) is 7.12. The molecule has 0 radical (unpaired) electrons. The van der Waals surface area contributed by atoms with Crippen molar-refractivity contribution in [2.24, 2.45) is 0 Å². The molecule has 0 spiro atoms. The van der Waals surface area contributed by atoms with Gasteiger partial charge >= 0.3 is 5.97 Å². The van der Waals surface area contributed by atoms with E-state index in [1.54, 1.807) is 13.0 Å². The summed E-state index contributed by atoms with van der Waals surface area (Å²) < 4.78 is 0. The minimum Gasteiger partial charge on any atom is -0.480 e. The van der Waals surface area contributed by atoms with Crippen LogP contribution in [0, 0.1) is 0 Å². The number of halogens is 2. The topological polar surface area (TPSA) is 40.5 Å². The van der Waals surface area contributed by atoms with Gasteiger partial charge in [0.15, 0.2) is 0 Å². The van der Waals surface area contributed by atoms with Gasteiger partial charge in [-0.3, -0.25) is 9.69 Å². The van der Waals surface area contributed by atoms with Crippen LogP contribution >= 0.6 is 23.2 Å². The minimum absolute atomic E-state index is 0.508. The molecular formula is C14H17Cl2NO2. The predicted molar refractivity (Wildman–Crippen MR) is 76.8 cm³/mol. The second kappa shape index (κ2) is 5.70. The summed E-state index contributed by atoms with van der Waals surface area (Å²) in [4.78, 5) is 13.5. The van der Waals surface area contributed by atoms with E-state index in [0.717, 1.165) is 24.9 Å². The molecule has 19 heavy (non-hydrogen) atoms. The number of rotatable bonds is 3. The smallest absolute Gasteiger partial charge is 0.323 e. The van der Waals surface area contributed by atoms with E-state index in [-0.39, 0.29) is 0 Å². The van der Waals surface area contributed by atoms with Gasteiger partial charge in [0.2, 0.25) is 0 Å². The molecule has 0 saturated carbocycles. The number of piperidine rings is 1. The second-order valence-electron chi connectivity index (χ2n) is 5.17. The molecule has 1 fully saturated rings. The molecule has 0 amide bonds. The molecule has 2 rings (SSSR count). The lowest BCUT2D eigenvalue weighted by atomic mass is 9.88. The summed E-state index contributed by atoms with van der Waals surface area (Å²) in [5.74, 6) is -0.773. The Morgan fingerprint density at radius 3 is 2.84 bits per heavy atom. The van der Waals surface area contributed by atoms with Crippen LogP contribution in [0.1, 0.15) is 31.7 Å². The number of carbonyl (C=O) groups is 1. The summed E-state index contributed by atoms with van der Waals surface area (Å²) in [7, 11) is 0. The van der Waals surface area contributed by atoms with Crippen LogP contribution in [0.3, 0.4) is 0 Å². The maximum Gasteiger partial charge on any atom is 0.323 e. The van der Waals surface area contributed by atoms with E-state index in [9.17, 15) is 9.90 Å². The number of carboxylic acids is 1. The summed E-state index contributed by atoms with van der Waals surface area (Å²) in [5, 5.41) is 10.5. The number of hydrogen-bond donors (Lipinski definition) is 1. The normalized spacial score (nSPS) is 24.4. The number of nitrogens with zero attached hydrogens (tertiary/aromatic N) is 1. The van der Waals surface area contributed by atoms with Gasteiger partial charge < -0.3 is 5.11 Å².